The van der Waals surface area contributed by atoms with Crippen molar-refractivity contribution >= 4 is 5.78 Å². The van der Waals surface area contributed by atoms with Crippen molar-refractivity contribution in [2.75, 3.05) is 0 Å². The van der Waals surface area contributed by atoms with Gasteiger partial charge in [0.1, 0.15) is 0 Å². The van der Waals surface area contributed by atoms with Gasteiger partial charge in [0.15, 0.2) is 5.78 Å². The number of ketones is 1. The lowest BCUT2D eigenvalue weighted by atomic mass is 10.0. The smallest absolute Gasteiger partial charge is 0.175 e. The highest BCUT2D eigenvalue weighted by Crippen LogP contribution is 2.23. The zero-order valence-corrected chi connectivity index (χ0v) is 14.3. The molecule has 2 aromatic rings. The second kappa shape index (κ2) is 8.07. The van der Waals surface area contributed by atoms with Crippen molar-refractivity contribution in [2.24, 2.45) is 0 Å². The summed E-state index contributed by atoms with van der Waals surface area (Å²) >= 11 is 0. The summed E-state index contributed by atoms with van der Waals surface area (Å²) in [7, 11) is 0. The van der Waals surface area contributed by atoms with E-state index in [-0.39, 0.29) is 6.04 Å². The molecule has 0 radical (unpaired) electrons. The molecule has 1 aliphatic carbocycles. The molecular formula is C22H25NO. The normalized spacial score (nSPS) is 15.3. The Labute approximate surface area is 144 Å². The van der Waals surface area contributed by atoms with E-state index in [2.05, 4.69) is 59.5 Å². The fourth-order valence-corrected chi connectivity index (χ4v) is 3.29. The second-order valence-electron chi connectivity index (χ2n) is 6.54. The largest absolute Gasteiger partial charge is 0.293 e. The summed E-state index contributed by atoms with van der Waals surface area (Å²) in [6.45, 7) is 3.62. The summed E-state index contributed by atoms with van der Waals surface area (Å²) in [4.78, 5) is 15.1. The first kappa shape index (κ1) is 16.7. The van der Waals surface area contributed by atoms with E-state index in [1.807, 2.05) is 19.1 Å². The molecule has 0 aromatic heterocycles. The summed E-state index contributed by atoms with van der Waals surface area (Å²) in [5.74, 6) is 0.291. The van der Waals surface area contributed by atoms with Gasteiger partial charge in [-0.15, -0.1) is 0 Å². The van der Waals surface area contributed by atoms with E-state index >= 15 is 0 Å². The van der Waals surface area contributed by atoms with Gasteiger partial charge in [-0.3, -0.25) is 9.69 Å². The van der Waals surface area contributed by atoms with E-state index in [9.17, 15) is 4.79 Å². The van der Waals surface area contributed by atoms with Crippen LogP contribution in [0.15, 0.2) is 72.3 Å². The Hall–Kier alpha value is -2.19. The van der Waals surface area contributed by atoms with Crippen LogP contribution in [0.1, 0.15) is 37.3 Å². The van der Waals surface area contributed by atoms with E-state index in [1.165, 1.54) is 11.1 Å². The molecule has 0 bridgehead atoms. The molecule has 0 saturated carbocycles. The maximum absolute atomic E-state index is 12.9. The van der Waals surface area contributed by atoms with Gasteiger partial charge in [0.25, 0.3) is 0 Å². The standard InChI is InChI=1S/C22H25NO/c1-18(22(24)21-14-8-9-15-21)23(16-19-10-4-2-5-11-19)17-20-12-6-3-7-13-20/h2-7,10-14,18H,8-9,15-17H2,1H3/t18-/m0/s1. The number of carbonyl (C=O) groups is 1. The molecule has 1 atom stereocenters. The van der Waals surface area contributed by atoms with E-state index in [1.54, 1.807) is 0 Å². The van der Waals surface area contributed by atoms with Crippen molar-refractivity contribution in [3.8, 4) is 0 Å². The molecule has 2 heteroatoms. The second-order valence-corrected chi connectivity index (χ2v) is 6.54. The van der Waals surface area contributed by atoms with E-state index in [0.717, 1.165) is 37.9 Å². The van der Waals surface area contributed by atoms with Crippen LogP contribution in [0.4, 0.5) is 0 Å². The lowest BCUT2D eigenvalue weighted by Crippen LogP contribution is -2.38. The van der Waals surface area contributed by atoms with Gasteiger partial charge in [0, 0.05) is 13.1 Å². The minimum atomic E-state index is -0.102. The number of allylic oxidation sites excluding steroid dienone is 1. The van der Waals surface area contributed by atoms with Gasteiger partial charge in [-0.2, -0.15) is 0 Å². The van der Waals surface area contributed by atoms with Gasteiger partial charge in [-0.1, -0.05) is 66.7 Å². The number of hydrogen-bond acceptors (Lipinski definition) is 2. The van der Waals surface area contributed by atoms with Crippen molar-refractivity contribution in [1.82, 2.24) is 4.90 Å². The molecule has 0 spiro atoms. The quantitative estimate of drug-likeness (QED) is 0.733. The maximum Gasteiger partial charge on any atom is 0.175 e. The van der Waals surface area contributed by atoms with Crippen LogP contribution in [0.5, 0.6) is 0 Å². The number of Topliss-reactive ketones (excluding diaryl/α,β-unsaturated/α-hetero) is 1. The molecule has 0 N–H and O–H groups in total. The molecule has 0 saturated heterocycles. The van der Waals surface area contributed by atoms with Gasteiger partial charge in [-0.25, -0.2) is 0 Å². The molecule has 2 aromatic carbocycles. The maximum atomic E-state index is 12.9. The van der Waals surface area contributed by atoms with Crippen LogP contribution >= 0.6 is 0 Å². The molecule has 24 heavy (non-hydrogen) atoms. The van der Waals surface area contributed by atoms with Crippen LogP contribution in [0, 0.1) is 0 Å². The molecule has 1 aliphatic rings. The number of rotatable bonds is 7. The predicted molar refractivity (Wildman–Crippen MR) is 98.5 cm³/mol. The minimum Gasteiger partial charge on any atom is -0.293 e. The van der Waals surface area contributed by atoms with Gasteiger partial charge in [0.2, 0.25) is 0 Å². The van der Waals surface area contributed by atoms with Gasteiger partial charge < -0.3 is 0 Å². The Morgan fingerprint density at radius 1 is 0.958 bits per heavy atom. The summed E-state index contributed by atoms with van der Waals surface area (Å²) < 4.78 is 0. The molecular weight excluding hydrogens is 294 g/mol. The van der Waals surface area contributed by atoms with Crippen molar-refractivity contribution in [3.63, 3.8) is 0 Å². The monoisotopic (exact) mass is 319 g/mol. The topological polar surface area (TPSA) is 20.3 Å². The van der Waals surface area contributed by atoms with Crippen LogP contribution in [0.3, 0.4) is 0 Å². The van der Waals surface area contributed by atoms with Crippen molar-refractivity contribution in [1.29, 1.82) is 0 Å². The average molecular weight is 319 g/mol. The van der Waals surface area contributed by atoms with Gasteiger partial charge in [-0.05, 0) is 42.9 Å². The van der Waals surface area contributed by atoms with Gasteiger partial charge in [0.05, 0.1) is 6.04 Å². The van der Waals surface area contributed by atoms with Crippen LogP contribution in [-0.4, -0.2) is 16.7 Å². The van der Waals surface area contributed by atoms with Crippen molar-refractivity contribution < 1.29 is 4.79 Å². The lowest BCUT2D eigenvalue weighted by Gasteiger charge is -2.29. The number of benzene rings is 2. The predicted octanol–water partition coefficient (Wildman–Crippen LogP) is 4.76. The highest BCUT2D eigenvalue weighted by atomic mass is 16.1. The number of carbonyl (C=O) groups excluding carboxylic acids is 1. The number of nitrogens with zero attached hydrogens (tertiary/aromatic N) is 1. The summed E-state index contributed by atoms with van der Waals surface area (Å²) in [6, 6.07) is 20.7. The zero-order chi connectivity index (χ0) is 16.8. The third kappa shape index (κ3) is 4.21. The Balaban J connectivity index is 1.79. The molecule has 2 nitrogen and oxygen atoms in total. The highest BCUT2D eigenvalue weighted by Gasteiger charge is 2.25. The number of hydrogen-bond donors (Lipinski definition) is 0. The lowest BCUT2D eigenvalue weighted by molar-refractivity contribution is -0.120. The van der Waals surface area contributed by atoms with Gasteiger partial charge >= 0.3 is 0 Å². The Kier molecular flexibility index (Phi) is 5.60. The summed E-state index contributed by atoms with van der Waals surface area (Å²) in [5.41, 5.74) is 3.51. The molecule has 3 rings (SSSR count). The van der Waals surface area contributed by atoms with Crippen LogP contribution in [0.25, 0.3) is 0 Å². The third-order valence-electron chi connectivity index (χ3n) is 4.74. The van der Waals surface area contributed by atoms with Crippen molar-refractivity contribution in [2.45, 2.75) is 45.3 Å². The molecule has 124 valence electrons. The average Bonchev–Trinajstić information content (AvgIpc) is 3.16. The first-order valence-electron chi connectivity index (χ1n) is 8.79. The minimum absolute atomic E-state index is 0.102. The Morgan fingerprint density at radius 3 is 1.96 bits per heavy atom. The SMILES string of the molecule is C[C@@H](C(=O)C1=CCCC1)N(Cc1ccccc1)Cc1ccccc1. The van der Waals surface area contributed by atoms with E-state index < -0.39 is 0 Å². The fraction of sp³-hybridized carbons (Fsp3) is 0.318. The molecule has 0 unspecified atom stereocenters. The van der Waals surface area contributed by atoms with Crippen LogP contribution in [-0.2, 0) is 17.9 Å². The highest BCUT2D eigenvalue weighted by molar-refractivity contribution is 5.99. The third-order valence-corrected chi connectivity index (χ3v) is 4.74. The first-order valence-corrected chi connectivity index (χ1v) is 8.79. The fourth-order valence-electron chi connectivity index (χ4n) is 3.29. The van der Waals surface area contributed by atoms with Crippen LogP contribution in [0.2, 0.25) is 0 Å². The molecule has 0 fully saturated rings. The molecule has 0 amide bonds. The summed E-state index contributed by atoms with van der Waals surface area (Å²) in [6.07, 6.45) is 5.23. The zero-order valence-electron chi connectivity index (χ0n) is 14.3. The van der Waals surface area contributed by atoms with E-state index in [4.69, 9.17) is 0 Å². The molecule has 0 aliphatic heterocycles. The molecule has 0 heterocycles. The van der Waals surface area contributed by atoms with E-state index in [0.29, 0.717) is 5.78 Å². The summed E-state index contributed by atoms with van der Waals surface area (Å²) in [5, 5.41) is 0. The Bertz CT molecular complexity index is 649. The Morgan fingerprint density at radius 2 is 1.50 bits per heavy atom. The van der Waals surface area contributed by atoms with Crippen molar-refractivity contribution in [3.05, 3.63) is 83.4 Å². The first-order chi connectivity index (χ1) is 11.7. The van der Waals surface area contributed by atoms with Crippen LogP contribution < -0.4 is 0 Å².